The summed E-state index contributed by atoms with van der Waals surface area (Å²) in [4.78, 5) is 55.0. The molecule has 4 amide bonds. The Morgan fingerprint density at radius 1 is 1.08 bits per heavy atom. The van der Waals surface area contributed by atoms with Crippen LogP contribution < -0.4 is 21.7 Å². The highest BCUT2D eigenvalue weighted by atomic mass is 32.1. The third-order valence-corrected chi connectivity index (χ3v) is 10.5. The second-order valence-corrected chi connectivity index (χ2v) is 13.7. The minimum Gasteiger partial charge on any atom is -0.461 e. The smallest absolute Gasteiger partial charge is 0.328 e. The van der Waals surface area contributed by atoms with Crippen molar-refractivity contribution in [3.8, 4) is 0 Å². The lowest BCUT2D eigenvalue weighted by atomic mass is 9.82. The predicted molar refractivity (Wildman–Crippen MR) is 186 cm³/mol. The number of esters is 1. The number of carbonyl (C=O) groups excluding carboxylic acids is 4. The number of anilines is 1. The lowest BCUT2D eigenvalue weighted by Gasteiger charge is -2.36. The van der Waals surface area contributed by atoms with Crippen LogP contribution in [0.25, 0.3) is 10.1 Å². The Morgan fingerprint density at radius 2 is 1.83 bits per heavy atom. The number of unbranched alkanes of at least 4 members (excludes halogenated alkanes) is 1. The Kier molecular flexibility index (Phi) is 12.4. The third-order valence-electron chi connectivity index (χ3n) is 9.56. The maximum Gasteiger partial charge on any atom is 0.328 e. The molecule has 0 spiro atoms. The highest BCUT2D eigenvalue weighted by Gasteiger charge is 2.35. The van der Waals surface area contributed by atoms with E-state index in [4.69, 9.17) is 10.5 Å². The Hall–Kier alpha value is -4.03. The van der Waals surface area contributed by atoms with Gasteiger partial charge in [-0.25, -0.2) is 14.0 Å². The van der Waals surface area contributed by atoms with Crippen LogP contribution in [0.5, 0.6) is 0 Å². The quantitative estimate of drug-likeness (QED) is 0.138. The summed E-state index contributed by atoms with van der Waals surface area (Å²) < 4.78 is 18.9. The highest BCUT2D eigenvalue weighted by Crippen LogP contribution is 2.34. The maximum atomic E-state index is 14.0. The summed E-state index contributed by atoms with van der Waals surface area (Å²) in [6.07, 6.45) is 4.47. The molecule has 1 fully saturated rings. The molecule has 3 heterocycles. The van der Waals surface area contributed by atoms with E-state index in [0.29, 0.717) is 44.8 Å². The van der Waals surface area contributed by atoms with Crippen molar-refractivity contribution >= 4 is 50.9 Å². The Labute approximate surface area is 285 Å². The number of nitrogens with one attached hydrogen (secondary N) is 3. The molecule has 10 nitrogen and oxygen atoms in total. The van der Waals surface area contributed by atoms with Crippen molar-refractivity contribution < 1.29 is 28.3 Å². The van der Waals surface area contributed by atoms with Crippen LogP contribution in [0.4, 0.5) is 14.9 Å². The van der Waals surface area contributed by atoms with Crippen molar-refractivity contribution in [2.75, 3.05) is 38.2 Å². The van der Waals surface area contributed by atoms with Gasteiger partial charge in [0.05, 0.1) is 0 Å². The number of hydrogen-bond acceptors (Lipinski definition) is 7. The average molecular weight is 680 g/mol. The van der Waals surface area contributed by atoms with Crippen molar-refractivity contribution in [1.29, 1.82) is 0 Å². The SMILES string of the molecule is CC(c1csc2ccccc12)C(NC(=O)N1CCC(CC2Cc3ccccc3NC2=O)CC1)C(=O)NC(CCCCN)C(=O)OCCF. The van der Waals surface area contributed by atoms with Gasteiger partial charge in [-0.05, 0) is 91.4 Å². The molecule has 4 unspecified atom stereocenters. The van der Waals surface area contributed by atoms with E-state index in [2.05, 4.69) is 22.0 Å². The molecule has 0 saturated carbocycles. The van der Waals surface area contributed by atoms with Crippen molar-refractivity contribution in [1.82, 2.24) is 15.5 Å². The van der Waals surface area contributed by atoms with Gasteiger partial charge in [0.1, 0.15) is 25.4 Å². The van der Waals surface area contributed by atoms with E-state index in [1.807, 2.05) is 54.8 Å². The fourth-order valence-electron chi connectivity index (χ4n) is 6.79. The summed E-state index contributed by atoms with van der Waals surface area (Å²) in [6, 6.07) is 13.4. The number of piperidine rings is 1. The number of urea groups is 1. The number of ether oxygens (including phenoxy) is 1. The largest absolute Gasteiger partial charge is 0.461 e. The summed E-state index contributed by atoms with van der Waals surface area (Å²) >= 11 is 1.57. The Morgan fingerprint density at radius 3 is 2.60 bits per heavy atom. The molecule has 5 rings (SSSR count). The number of nitrogens with zero attached hydrogens (tertiary/aromatic N) is 1. The molecule has 3 aromatic rings. The maximum absolute atomic E-state index is 14.0. The highest BCUT2D eigenvalue weighted by molar-refractivity contribution is 7.17. The number of rotatable bonds is 14. The molecule has 12 heteroatoms. The zero-order valence-electron chi connectivity index (χ0n) is 27.4. The zero-order valence-corrected chi connectivity index (χ0v) is 28.2. The minimum absolute atomic E-state index is 0.0487. The van der Waals surface area contributed by atoms with Crippen LogP contribution in [0.2, 0.25) is 0 Å². The molecule has 48 heavy (non-hydrogen) atoms. The molecule has 0 radical (unpaired) electrons. The van der Waals surface area contributed by atoms with Crippen molar-refractivity contribution in [3.63, 3.8) is 0 Å². The summed E-state index contributed by atoms with van der Waals surface area (Å²) in [5.74, 6) is -1.41. The summed E-state index contributed by atoms with van der Waals surface area (Å²) in [5, 5.41) is 11.8. The van der Waals surface area contributed by atoms with Crippen molar-refractivity contribution in [2.24, 2.45) is 17.6 Å². The lowest BCUT2D eigenvalue weighted by molar-refractivity contribution is -0.148. The first-order chi connectivity index (χ1) is 23.3. The molecule has 0 bridgehead atoms. The lowest BCUT2D eigenvalue weighted by Crippen LogP contribution is -2.56. The number of amides is 4. The zero-order chi connectivity index (χ0) is 34.0. The van der Waals surface area contributed by atoms with Crippen LogP contribution in [-0.2, 0) is 25.5 Å². The molecule has 1 aromatic heterocycles. The van der Waals surface area contributed by atoms with E-state index >= 15 is 0 Å². The van der Waals surface area contributed by atoms with Gasteiger partial charge in [-0.2, -0.15) is 0 Å². The number of thiophene rings is 1. The number of halogens is 1. The van der Waals surface area contributed by atoms with Crippen LogP contribution in [0, 0.1) is 11.8 Å². The normalized spacial score (nSPS) is 18.4. The van der Waals surface area contributed by atoms with Crippen LogP contribution in [-0.4, -0.2) is 73.7 Å². The van der Waals surface area contributed by atoms with Crippen LogP contribution >= 0.6 is 11.3 Å². The van der Waals surface area contributed by atoms with Gasteiger partial charge in [0.15, 0.2) is 0 Å². The molecule has 2 aromatic carbocycles. The second kappa shape index (κ2) is 16.9. The predicted octanol–water partition coefficient (Wildman–Crippen LogP) is 5.12. The number of fused-ring (bicyclic) bond motifs is 2. The monoisotopic (exact) mass is 679 g/mol. The first-order valence-electron chi connectivity index (χ1n) is 16.9. The molecule has 4 atom stereocenters. The van der Waals surface area contributed by atoms with Crippen molar-refractivity contribution in [3.05, 3.63) is 65.0 Å². The number of para-hydroxylation sites is 1. The summed E-state index contributed by atoms with van der Waals surface area (Å²) in [6.45, 7) is 2.11. The van der Waals surface area contributed by atoms with Gasteiger partial charge < -0.3 is 31.3 Å². The first-order valence-corrected chi connectivity index (χ1v) is 17.8. The molecular formula is C36H46FN5O5S. The van der Waals surface area contributed by atoms with Crippen LogP contribution in [0.1, 0.15) is 62.5 Å². The van der Waals surface area contributed by atoms with E-state index < -0.39 is 43.2 Å². The fraction of sp³-hybridized carbons (Fsp3) is 0.500. The number of likely N-dealkylation sites (tertiary alicyclic amines) is 1. The van der Waals surface area contributed by atoms with Gasteiger partial charge in [0.25, 0.3) is 0 Å². The minimum atomic E-state index is -0.999. The summed E-state index contributed by atoms with van der Waals surface area (Å²) in [5.41, 5.74) is 8.59. The third kappa shape index (κ3) is 8.70. The Balaban J connectivity index is 1.26. The molecule has 1 saturated heterocycles. The standard InChI is InChI=1S/C36H46FN5O5S/c1-23(28-22-48-31-12-5-3-9-27(28)31)32(34(44)40-30(11-6-7-16-38)35(45)47-19-15-37)41-36(46)42-17-13-24(14-18-42)20-26-21-25-8-2-4-10-29(25)39-33(26)43/h2-5,8-10,12,22-24,26,30,32H,6-7,11,13-21,38H2,1H3,(H,39,43)(H,40,44)(H,41,46). The van der Waals surface area contributed by atoms with E-state index in [1.165, 1.54) is 0 Å². The van der Waals surface area contributed by atoms with E-state index in [1.54, 1.807) is 16.2 Å². The number of alkyl halides is 1. The van der Waals surface area contributed by atoms with Gasteiger partial charge in [-0.3, -0.25) is 9.59 Å². The first kappa shape index (κ1) is 35.3. The molecule has 258 valence electrons. The topological polar surface area (TPSA) is 143 Å². The Bertz CT molecular complexity index is 1570. The fourth-order valence-corrected chi connectivity index (χ4v) is 7.86. The number of hydrogen-bond donors (Lipinski definition) is 4. The van der Waals surface area contributed by atoms with Gasteiger partial charge >= 0.3 is 12.0 Å². The summed E-state index contributed by atoms with van der Waals surface area (Å²) in [7, 11) is 0. The number of benzene rings is 2. The van der Waals surface area contributed by atoms with Crippen LogP contribution in [0.3, 0.4) is 0 Å². The van der Waals surface area contributed by atoms with Gasteiger partial charge in [0.2, 0.25) is 11.8 Å². The molecule has 2 aliphatic rings. The van der Waals surface area contributed by atoms with E-state index in [0.717, 1.165) is 46.2 Å². The van der Waals surface area contributed by atoms with Gasteiger partial charge in [0, 0.05) is 35.3 Å². The molecule has 0 aliphatic carbocycles. The average Bonchev–Trinajstić information content (AvgIpc) is 3.53. The van der Waals surface area contributed by atoms with Crippen molar-refractivity contribution in [2.45, 2.75) is 69.9 Å². The number of carbonyl (C=O) groups is 4. The van der Waals surface area contributed by atoms with E-state index in [-0.39, 0.29) is 24.3 Å². The van der Waals surface area contributed by atoms with Gasteiger partial charge in [-0.15, -0.1) is 11.3 Å². The number of nitrogens with two attached hydrogens (primary N) is 1. The second-order valence-electron chi connectivity index (χ2n) is 12.8. The van der Waals surface area contributed by atoms with Gasteiger partial charge in [-0.1, -0.05) is 43.3 Å². The van der Waals surface area contributed by atoms with E-state index in [9.17, 15) is 23.6 Å². The molecule has 5 N–H and O–H groups in total. The van der Waals surface area contributed by atoms with Crippen LogP contribution in [0.15, 0.2) is 53.9 Å². The molecule has 2 aliphatic heterocycles. The molecular weight excluding hydrogens is 633 g/mol.